The molecule has 2 unspecified atom stereocenters. The van der Waals surface area contributed by atoms with Crippen LogP contribution in [0.2, 0.25) is 5.02 Å². The minimum Gasteiger partial charge on any atom is -0.352 e. The molecule has 0 bridgehead atoms. The Hall–Kier alpha value is -1.35. The van der Waals surface area contributed by atoms with Crippen molar-refractivity contribution in [3.05, 3.63) is 34.9 Å². The van der Waals surface area contributed by atoms with Crippen molar-refractivity contribution in [1.82, 2.24) is 5.32 Å². The normalized spacial score (nSPS) is 23.8. The van der Waals surface area contributed by atoms with E-state index in [4.69, 9.17) is 11.6 Å². The van der Waals surface area contributed by atoms with Crippen LogP contribution in [0.25, 0.3) is 0 Å². The number of carbonyl (C=O) groups is 2. The van der Waals surface area contributed by atoms with Crippen LogP contribution in [-0.4, -0.2) is 11.7 Å². The molecule has 0 heterocycles. The van der Waals surface area contributed by atoms with Crippen molar-refractivity contribution in [1.29, 1.82) is 0 Å². The van der Waals surface area contributed by atoms with Crippen LogP contribution in [0.5, 0.6) is 0 Å². The van der Waals surface area contributed by atoms with E-state index in [1.165, 1.54) is 0 Å². The molecule has 108 valence electrons. The third kappa shape index (κ3) is 2.88. The Balaban J connectivity index is 1.90. The molecule has 0 spiro atoms. The van der Waals surface area contributed by atoms with E-state index in [0.29, 0.717) is 18.0 Å². The molecule has 0 saturated heterocycles. The van der Waals surface area contributed by atoms with Gasteiger partial charge in [-0.05, 0) is 36.5 Å². The smallest absolute Gasteiger partial charge is 0.223 e. The van der Waals surface area contributed by atoms with Crippen molar-refractivity contribution < 1.29 is 9.59 Å². The van der Waals surface area contributed by atoms with Gasteiger partial charge in [-0.3, -0.25) is 9.59 Å². The van der Waals surface area contributed by atoms with Gasteiger partial charge in [-0.25, -0.2) is 0 Å². The fourth-order valence-electron chi connectivity index (χ4n) is 2.97. The quantitative estimate of drug-likeness (QED) is 0.926. The first-order chi connectivity index (χ1) is 9.32. The number of ketones is 1. The van der Waals surface area contributed by atoms with Gasteiger partial charge in [-0.15, -0.1) is 0 Å². The number of halogens is 1. The number of amides is 1. The Morgan fingerprint density at radius 1 is 1.25 bits per heavy atom. The third-order valence-electron chi connectivity index (χ3n) is 4.45. The average molecular weight is 294 g/mol. The molecular formula is C16H20ClNO2. The minimum absolute atomic E-state index is 0.00813. The fraction of sp³-hybridized carbons (Fsp3) is 0.500. The Labute approximate surface area is 124 Å². The lowest BCUT2D eigenvalue weighted by Gasteiger charge is -2.49. The molecule has 1 saturated carbocycles. The molecule has 3 nitrogen and oxygen atoms in total. The first-order valence-electron chi connectivity index (χ1n) is 6.85. The predicted molar refractivity (Wildman–Crippen MR) is 79.4 cm³/mol. The molecule has 4 heteroatoms. The minimum atomic E-state index is -0.240. The summed E-state index contributed by atoms with van der Waals surface area (Å²) in [5.41, 5.74) is 0.776. The van der Waals surface area contributed by atoms with Crippen molar-refractivity contribution in [2.75, 3.05) is 0 Å². The van der Waals surface area contributed by atoms with Gasteiger partial charge >= 0.3 is 0 Å². The average Bonchev–Trinajstić information content (AvgIpc) is 2.36. The Morgan fingerprint density at radius 2 is 1.85 bits per heavy atom. The molecule has 1 aromatic carbocycles. The highest BCUT2D eigenvalue weighted by atomic mass is 35.5. The molecule has 2 rings (SSSR count). The molecule has 2 atom stereocenters. The van der Waals surface area contributed by atoms with Gasteiger partial charge in [-0.1, -0.05) is 37.6 Å². The zero-order valence-corrected chi connectivity index (χ0v) is 12.8. The molecule has 0 radical (unpaired) electrons. The number of carbonyl (C=O) groups excluding carboxylic acids is 2. The van der Waals surface area contributed by atoms with E-state index in [9.17, 15) is 9.59 Å². The molecule has 1 fully saturated rings. The van der Waals surface area contributed by atoms with Crippen molar-refractivity contribution in [2.24, 2.45) is 17.3 Å². The van der Waals surface area contributed by atoms with Gasteiger partial charge in [0.05, 0.1) is 0 Å². The lowest BCUT2D eigenvalue weighted by molar-refractivity contribution is -0.148. The lowest BCUT2D eigenvalue weighted by atomic mass is 9.53. The summed E-state index contributed by atoms with van der Waals surface area (Å²) in [4.78, 5) is 23.7. The molecule has 1 aliphatic carbocycles. The van der Waals surface area contributed by atoms with Crippen molar-refractivity contribution in [3.63, 3.8) is 0 Å². The van der Waals surface area contributed by atoms with E-state index in [1.807, 2.05) is 38.1 Å². The number of benzene rings is 1. The molecule has 0 aliphatic heterocycles. The van der Waals surface area contributed by atoms with Crippen molar-refractivity contribution >= 4 is 23.3 Å². The molecule has 1 aliphatic rings. The van der Waals surface area contributed by atoms with Crippen LogP contribution in [0.4, 0.5) is 0 Å². The monoisotopic (exact) mass is 293 g/mol. The van der Waals surface area contributed by atoms with Gasteiger partial charge in [0.15, 0.2) is 0 Å². The summed E-state index contributed by atoms with van der Waals surface area (Å²) in [5, 5.41) is 3.63. The van der Waals surface area contributed by atoms with Crippen LogP contribution >= 0.6 is 11.6 Å². The first-order valence-corrected chi connectivity index (χ1v) is 7.22. The summed E-state index contributed by atoms with van der Waals surface area (Å²) >= 11 is 5.82. The Morgan fingerprint density at radius 3 is 2.35 bits per heavy atom. The van der Waals surface area contributed by atoms with Crippen molar-refractivity contribution in [2.45, 2.75) is 33.7 Å². The molecule has 20 heavy (non-hydrogen) atoms. The van der Waals surface area contributed by atoms with E-state index >= 15 is 0 Å². The fourth-order valence-corrected chi connectivity index (χ4v) is 3.10. The van der Waals surface area contributed by atoms with E-state index in [-0.39, 0.29) is 28.9 Å². The van der Waals surface area contributed by atoms with Gasteiger partial charge in [0.1, 0.15) is 5.78 Å². The zero-order valence-electron chi connectivity index (χ0n) is 12.1. The van der Waals surface area contributed by atoms with Crippen LogP contribution in [0.15, 0.2) is 24.3 Å². The van der Waals surface area contributed by atoms with Gasteiger partial charge in [-0.2, -0.15) is 0 Å². The van der Waals surface area contributed by atoms with Crippen molar-refractivity contribution in [3.8, 4) is 0 Å². The van der Waals surface area contributed by atoms with Gasteiger partial charge in [0, 0.05) is 23.4 Å². The standard InChI is InChI=1S/C16H20ClNO2/c1-10(19)13-8-14(16(13,2)3)15(20)18-9-11-4-6-12(17)7-5-11/h4-7,13-14H,8-9H2,1-3H3,(H,18,20). The number of hydrogen-bond donors (Lipinski definition) is 1. The second-order valence-corrected chi connectivity index (χ2v) is 6.55. The Kier molecular flexibility index (Phi) is 4.19. The summed E-state index contributed by atoms with van der Waals surface area (Å²) in [6, 6.07) is 7.41. The Bertz CT molecular complexity index is 522. The third-order valence-corrected chi connectivity index (χ3v) is 4.71. The van der Waals surface area contributed by atoms with Gasteiger partial charge in [0.25, 0.3) is 0 Å². The topological polar surface area (TPSA) is 46.2 Å². The largest absolute Gasteiger partial charge is 0.352 e. The second-order valence-electron chi connectivity index (χ2n) is 6.12. The van der Waals surface area contributed by atoms with Crippen LogP contribution in [0, 0.1) is 17.3 Å². The molecule has 1 N–H and O–H groups in total. The number of rotatable bonds is 4. The predicted octanol–water partition coefficient (Wildman–Crippen LogP) is 3.21. The highest BCUT2D eigenvalue weighted by molar-refractivity contribution is 6.30. The molecular weight excluding hydrogens is 274 g/mol. The number of nitrogens with one attached hydrogen (secondary N) is 1. The molecule has 1 aromatic rings. The maximum absolute atomic E-state index is 12.2. The van der Waals surface area contributed by atoms with E-state index < -0.39 is 0 Å². The first kappa shape index (κ1) is 15.0. The second kappa shape index (κ2) is 5.57. The summed E-state index contributed by atoms with van der Waals surface area (Å²) in [5.74, 6) is 0.136. The van der Waals surface area contributed by atoms with Crippen LogP contribution in [0.3, 0.4) is 0 Å². The van der Waals surface area contributed by atoms with Gasteiger partial charge < -0.3 is 5.32 Å². The highest BCUT2D eigenvalue weighted by Crippen LogP contribution is 2.51. The molecule has 1 amide bonds. The number of Topliss-reactive ketones (excluding diaryl/α,β-unsaturated/α-hetero) is 1. The van der Waals surface area contributed by atoms with Crippen LogP contribution in [-0.2, 0) is 16.1 Å². The maximum atomic E-state index is 12.2. The zero-order chi connectivity index (χ0) is 14.9. The highest BCUT2D eigenvalue weighted by Gasteiger charge is 2.53. The lowest BCUT2D eigenvalue weighted by Crippen LogP contribution is -2.54. The van der Waals surface area contributed by atoms with E-state index in [2.05, 4.69) is 5.32 Å². The maximum Gasteiger partial charge on any atom is 0.223 e. The summed E-state index contributed by atoms with van der Waals surface area (Å²) in [6.45, 7) is 6.09. The molecule has 0 aromatic heterocycles. The van der Waals surface area contributed by atoms with Crippen LogP contribution < -0.4 is 5.32 Å². The summed E-state index contributed by atoms with van der Waals surface area (Å²) in [6.07, 6.45) is 0.661. The van der Waals surface area contributed by atoms with E-state index in [0.717, 1.165) is 5.56 Å². The SMILES string of the molecule is CC(=O)C1CC(C(=O)NCc2ccc(Cl)cc2)C1(C)C. The number of hydrogen-bond acceptors (Lipinski definition) is 2. The summed E-state index contributed by atoms with van der Waals surface area (Å²) in [7, 11) is 0. The summed E-state index contributed by atoms with van der Waals surface area (Å²) < 4.78 is 0. The van der Waals surface area contributed by atoms with Gasteiger partial charge in [0.2, 0.25) is 5.91 Å². The van der Waals surface area contributed by atoms with E-state index in [1.54, 1.807) is 6.92 Å². The van der Waals surface area contributed by atoms with Crippen LogP contribution in [0.1, 0.15) is 32.8 Å².